The smallest absolute Gasteiger partial charge is 0.336 e. The molecule has 0 aromatic heterocycles. The number of carboxylic acids is 1. The van der Waals surface area contributed by atoms with Gasteiger partial charge in [-0.05, 0) is 49.0 Å². The Hall–Kier alpha value is -1.05. The Labute approximate surface area is 130 Å². The summed E-state index contributed by atoms with van der Waals surface area (Å²) in [4.78, 5) is 11.2. The van der Waals surface area contributed by atoms with Crippen molar-refractivity contribution >= 4 is 27.8 Å². The highest BCUT2D eigenvalue weighted by molar-refractivity contribution is 7.98. The Morgan fingerprint density at radius 2 is 2.05 bits per heavy atom. The quantitative estimate of drug-likeness (QED) is 0.679. The van der Waals surface area contributed by atoms with Crippen molar-refractivity contribution in [3.63, 3.8) is 0 Å². The lowest BCUT2D eigenvalue weighted by Gasteiger charge is -2.09. The van der Waals surface area contributed by atoms with Crippen LogP contribution in [-0.4, -0.2) is 38.0 Å². The minimum Gasteiger partial charge on any atom is -0.478 e. The lowest BCUT2D eigenvalue weighted by atomic mass is 10.1. The number of benzene rings is 1. The average molecular weight is 331 g/mol. The number of nitrogens with one attached hydrogen (secondary N) is 1. The first-order valence-electron chi connectivity index (χ1n) is 6.77. The fourth-order valence-corrected chi connectivity index (χ4v) is 3.48. The summed E-state index contributed by atoms with van der Waals surface area (Å²) in [6, 6.07) is 4.24. The molecule has 0 radical (unpaired) electrons. The molecule has 1 aromatic rings. The molecule has 0 aliphatic carbocycles. The number of aromatic carboxylic acids is 1. The molecule has 0 aliphatic rings. The molecule has 1 aromatic carbocycles. The topological polar surface area (TPSA) is 83.5 Å². The highest BCUT2D eigenvalue weighted by atomic mass is 32.2. The molecule has 0 amide bonds. The van der Waals surface area contributed by atoms with Gasteiger partial charge in [0, 0.05) is 6.54 Å². The molecule has 21 heavy (non-hydrogen) atoms. The first kappa shape index (κ1) is 18.0. The van der Waals surface area contributed by atoms with Crippen LogP contribution in [0.25, 0.3) is 0 Å². The summed E-state index contributed by atoms with van der Waals surface area (Å²) < 4.78 is 26.8. The number of unbranched alkanes of at least 4 members (excludes halogenated alkanes) is 1. The molecule has 0 aliphatic heterocycles. The van der Waals surface area contributed by atoms with Crippen molar-refractivity contribution < 1.29 is 18.3 Å². The summed E-state index contributed by atoms with van der Waals surface area (Å²) >= 11 is 1.72. The third-order valence-corrected chi connectivity index (χ3v) is 5.23. The summed E-state index contributed by atoms with van der Waals surface area (Å²) in [7, 11) is -3.65. The third kappa shape index (κ3) is 5.33. The van der Waals surface area contributed by atoms with Gasteiger partial charge in [-0.3, -0.25) is 0 Å². The minimum atomic E-state index is -3.65. The number of hydrogen-bond donors (Lipinski definition) is 2. The van der Waals surface area contributed by atoms with E-state index in [1.54, 1.807) is 17.8 Å². The maximum Gasteiger partial charge on any atom is 0.336 e. The summed E-state index contributed by atoms with van der Waals surface area (Å²) in [5, 5.41) is 9.14. The highest BCUT2D eigenvalue weighted by Gasteiger charge is 2.17. The van der Waals surface area contributed by atoms with Crippen molar-refractivity contribution in [1.82, 2.24) is 4.72 Å². The lowest BCUT2D eigenvalue weighted by molar-refractivity contribution is 0.0695. The van der Waals surface area contributed by atoms with E-state index in [2.05, 4.69) is 4.72 Å². The van der Waals surface area contributed by atoms with Crippen LogP contribution in [0.3, 0.4) is 0 Å². The average Bonchev–Trinajstić information content (AvgIpc) is 2.46. The fraction of sp³-hybridized carbons (Fsp3) is 0.500. The van der Waals surface area contributed by atoms with Crippen molar-refractivity contribution in [3.05, 3.63) is 29.3 Å². The molecule has 0 atom stereocenters. The normalized spacial score (nSPS) is 11.5. The predicted octanol–water partition coefficient (Wildman–Crippen LogP) is 2.37. The van der Waals surface area contributed by atoms with Crippen LogP contribution < -0.4 is 4.72 Å². The van der Waals surface area contributed by atoms with Gasteiger partial charge in [-0.1, -0.05) is 13.0 Å². The van der Waals surface area contributed by atoms with Crippen molar-refractivity contribution in [2.24, 2.45) is 0 Å². The third-order valence-electron chi connectivity index (χ3n) is 3.07. The Bertz CT molecular complexity index is 585. The van der Waals surface area contributed by atoms with Crippen molar-refractivity contribution in [1.29, 1.82) is 0 Å². The number of aryl methyl sites for hydroxylation is 1. The maximum atomic E-state index is 12.1. The van der Waals surface area contributed by atoms with Gasteiger partial charge in [0.25, 0.3) is 0 Å². The molecular formula is C14H21NO4S2. The van der Waals surface area contributed by atoms with E-state index >= 15 is 0 Å². The second-order valence-corrected chi connectivity index (χ2v) is 7.33. The van der Waals surface area contributed by atoms with Gasteiger partial charge in [0.05, 0.1) is 10.5 Å². The zero-order valence-corrected chi connectivity index (χ0v) is 13.9. The zero-order chi connectivity index (χ0) is 15.9. The van der Waals surface area contributed by atoms with Crippen LogP contribution in [0.2, 0.25) is 0 Å². The molecule has 0 spiro atoms. The molecule has 0 heterocycles. The second kappa shape index (κ2) is 8.41. The standard InChI is InChI=1S/C14H21NO4S2/c1-3-11-6-7-12(10-13(11)14(16)17)21(18,19)15-8-4-5-9-20-2/h6-7,10,15H,3-5,8-9H2,1-2H3,(H,16,17). The van der Waals surface area contributed by atoms with Gasteiger partial charge in [-0.25, -0.2) is 17.9 Å². The van der Waals surface area contributed by atoms with E-state index < -0.39 is 16.0 Å². The van der Waals surface area contributed by atoms with Crippen LogP contribution in [0, 0.1) is 0 Å². The molecule has 0 fully saturated rings. The number of rotatable bonds is 9. The predicted molar refractivity (Wildman–Crippen MR) is 85.6 cm³/mol. The number of sulfonamides is 1. The Morgan fingerprint density at radius 1 is 1.33 bits per heavy atom. The Morgan fingerprint density at radius 3 is 2.62 bits per heavy atom. The van der Waals surface area contributed by atoms with Gasteiger partial charge in [0.2, 0.25) is 10.0 Å². The van der Waals surface area contributed by atoms with Crippen LogP contribution in [0.1, 0.15) is 35.7 Å². The molecule has 5 nitrogen and oxygen atoms in total. The summed E-state index contributed by atoms with van der Waals surface area (Å²) in [5.41, 5.74) is 0.671. The molecule has 1 rings (SSSR count). The number of hydrogen-bond acceptors (Lipinski definition) is 4. The molecule has 118 valence electrons. The fourth-order valence-electron chi connectivity index (χ4n) is 1.89. The van der Waals surface area contributed by atoms with Gasteiger partial charge in [0.1, 0.15) is 0 Å². The molecule has 0 unspecified atom stereocenters. The summed E-state index contributed by atoms with van der Waals surface area (Å²) in [6.45, 7) is 2.20. The van der Waals surface area contributed by atoms with E-state index in [9.17, 15) is 13.2 Å². The molecule has 7 heteroatoms. The van der Waals surface area contributed by atoms with Crippen molar-refractivity contribution in [2.75, 3.05) is 18.6 Å². The summed E-state index contributed by atoms with van der Waals surface area (Å²) in [5.74, 6) is -0.111. The van der Waals surface area contributed by atoms with E-state index in [0.717, 1.165) is 18.6 Å². The highest BCUT2D eigenvalue weighted by Crippen LogP contribution is 2.17. The van der Waals surface area contributed by atoms with Gasteiger partial charge < -0.3 is 5.11 Å². The van der Waals surface area contributed by atoms with Crippen LogP contribution >= 0.6 is 11.8 Å². The number of carboxylic acid groups (broad SMARTS) is 1. The molecule has 2 N–H and O–H groups in total. The number of thioether (sulfide) groups is 1. The second-order valence-electron chi connectivity index (χ2n) is 4.58. The zero-order valence-electron chi connectivity index (χ0n) is 12.3. The van der Waals surface area contributed by atoms with E-state index in [4.69, 9.17) is 5.11 Å². The first-order valence-corrected chi connectivity index (χ1v) is 9.65. The minimum absolute atomic E-state index is 0.00182. The molecule has 0 saturated heterocycles. The maximum absolute atomic E-state index is 12.1. The molecular weight excluding hydrogens is 310 g/mol. The summed E-state index contributed by atoms with van der Waals surface area (Å²) in [6.07, 6.45) is 4.26. The monoisotopic (exact) mass is 331 g/mol. The van der Waals surface area contributed by atoms with Gasteiger partial charge >= 0.3 is 5.97 Å². The Kier molecular flexibility index (Phi) is 7.21. The van der Waals surface area contributed by atoms with Crippen molar-refractivity contribution in [2.45, 2.75) is 31.1 Å². The van der Waals surface area contributed by atoms with E-state index in [0.29, 0.717) is 18.5 Å². The van der Waals surface area contributed by atoms with E-state index in [1.165, 1.54) is 12.1 Å². The van der Waals surface area contributed by atoms with E-state index in [-0.39, 0.29) is 10.5 Å². The molecule has 0 saturated carbocycles. The van der Waals surface area contributed by atoms with Crippen LogP contribution in [0.5, 0.6) is 0 Å². The van der Waals surface area contributed by atoms with Crippen LogP contribution in [0.15, 0.2) is 23.1 Å². The SMILES string of the molecule is CCc1ccc(S(=O)(=O)NCCCCSC)cc1C(=O)O. The lowest BCUT2D eigenvalue weighted by Crippen LogP contribution is -2.25. The first-order chi connectivity index (χ1) is 9.92. The number of carbonyl (C=O) groups is 1. The van der Waals surface area contributed by atoms with Crippen LogP contribution in [-0.2, 0) is 16.4 Å². The van der Waals surface area contributed by atoms with Gasteiger partial charge in [0.15, 0.2) is 0 Å². The molecule has 0 bridgehead atoms. The van der Waals surface area contributed by atoms with Crippen LogP contribution in [0.4, 0.5) is 0 Å². The van der Waals surface area contributed by atoms with Gasteiger partial charge in [-0.2, -0.15) is 11.8 Å². The van der Waals surface area contributed by atoms with Gasteiger partial charge in [-0.15, -0.1) is 0 Å². The largest absolute Gasteiger partial charge is 0.478 e. The van der Waals surface area contributed by atoms with Crippen molar-refractivity contribution in [3.8, 4) is 0 Å². The van der Waals surface area contributed by atoms with E-state index in [1.807, 2.05) is 13.2 Å². The Balaban J connectivity index is 2.83.